The zero-order valence-corrected chi connectivity index (χ0v) is 18.8. The first-order chi connectivity index (χ1) is 15.6. The summed E-state index contributed by atoms with van der Waals surface area (Å²) in [6.07, 6.45) is 9.97. The van der Waals surface area contributed by atoms with Crippen molar-refractivity contribution in [2.24, 2.45) is 5.92 Å². The van der Waals surface area contributed by atoms with Crippen LogP contribution in [0.15, 0.2) is 4.79 Å². The number of carbonyl (C=O) groups excluding carboxylic acids is 2. The lowest BCUT2D eigenvalue weighted by atomic mass is 9.88. The Morgan fingerprint density at radius 1 is 0.938 bits per heavy atom. The molecule has 174 valence electrons. The van der Waals surface area contributed by atoms with E-state index in [1.807, 2.05) is 9.80 Å². The van der Waals surface area contributed by atoms with Gasteiger partial charge in [-0.3, -0.25) is 14.4 Å². The van der Waals surface area contributed by atoms with Crippen LogP contribution in [0.4, 0.5) is 0 Å². The van der Waals surface area contributed by atoms with Gasteiger partial charge in [0.15, 0.2) is 0 Å². The summed E-state index contributed by atoms with van der Waals surface area (Å²) < 4.78 is 5.64. The van der Waals surface area contributed by atoms with E-state index in [2.05, 4.69) is 4.98 Å². The highest BCUT2D eigenvalue weighted by Gasteiger charge is 2.37. The fraction of sp³-hybridized carbons (Fsp3) is 0.750. The molecule has 0 aromatic carbocycles. The smallest absolute Gasteiger partial charge is 0.254 e. The molecule has 3 aliphatic heterocycles. The van der Waals surface area contributed by atoms with E-state index in [0.717, 1.165) is 57.8 Å². The first-order valence-electron chi connectivity index (χ1n) is 12.4. The van der Waals surface area contributed by atoms with E-state index in [0.29, 0.717) is 49.7 Å². The fourth-order valence-corrected chi connectivity index (χ4v) is 5.85. The molecule has 1 N–H and O–H groups in total. The van der Waals surface area contributed by atoms with Gasteiger partial charge in [0, 0.05) is 31.2 Å². The summed E-state index contributed by atoms with van der Waals surface area (Å²) in [4.78, 5) is 50.7. The predicted octanol–water partition coefficient (Wildman–Crippen LogP) is 2.47. The molecule has 1 aromatic heterocycles. The molecule has 5 rings (SSSR count). The Kier molecular flexibility index (Phi) is 6.31. The number of aromatic amines is 1. The molecule has 8 nitrogen and oxygen atoms in total. The Morgan fingerprint density at radius 2 is 1.75 bits per heavy atom. The van der Waals surface area contributed by atoms with Gasteiger partial charge in [0.2, 0.25) is 5.91 Å². The molecule has 1 aliphatic carbocycles. The summed E-state index contributed by atoms with van der Waals surface area (Å²) in [7, 11) is 0. The minimum atomic E-state index is -0.372. The van der Waals surface area contributed by atoms with Gasteiger partial charge < -0.3 is 19.5 Å². The van der Waals surface area contributed by atoms with Crippen molar-refractivity contribution in [1.82, 2.24) is 19.8 Å². The van der Waals surface area contributed by atoms with Gasteiger partial charge in [-0.15, -0.1) is 0 Å². The monoisotopic (exact) mass is 442 g/mol. The molecule has 0 radical (unpaired) electrons. The lowest BCUT2D eigenvalue weighted by Gasteiger charge is -2.37. The van der Waals surface area contributed by atoms with Crippen LogP contribution in [0.25, 0.3) is 0 Å². The second-order valence-electron chi connectivity index (χ2n) is 9.77. The minimum Gasteiger partial charge on any atom is -0.368 e. The van der Waals surface area contributed by atoms with Crippen molar-refractivity contribution in [3.05, 3.63) is 27.4 Å². The molecule has 4 aliphatic rings. The summed E-state index contributed by atoms with van der Waals surface area (Å²) in [6, 6.07) is -0.233. The largest absolute Gasteiger partial charge is 0.368 e. The van der Waals surface area contributed by atoms with Crippen LogP contribution in [-0.4, -0.2) is 57.4 Å². The number of rotatable bonds is 3. The molecule has 2 atom stereocenters. The van der Waals surface area contributed by atoms with Gasteiger partial charge in [0.1, 0.15) is 11.9 Å². The average Bonchev–Trinajstić information content (AvgIpc) is 3.38. The first kappa shape index (κ1) is 21.6. The molecule has 8 heteroatoms. The topological polar surface area (TPSA) is 95.6 Å². The molecule has 32 heavy (non-hydrogen) atoms. The van der Waals surface area contributed by atoms with Crippen molar-refractivity contribution >= 4 is 11.8 Å². The molecule has 2 saturated heterocycles. The van der Waals surface area contributed by atoms with Crippen LogP contribution in [-0.2, 0) is 27.3 Å². The van der Waals surface area contributed by atoms with Crippen molar-refractivity contribution in [1.29, 1.82) is 0 Å². The maximum Gasteiger partial charge on any atom is 0.254 e. The third-order valence-corrected chi connectivity index (χ3v) is 7.66. The standard InChI is InChI=1S/C24H34N4O4/c29-22-17-11-13-27(23(30)16-7-2-1-3-8-16)15-18(17)25-21(26-22)19-9-4-5-12-28(19)24(31)20-10-6-14-32-20/h16,19-20H,1-15H2,(H,25,26,29)/t19-,20+/m1/s1. The van der Waals surface area contributed by atoms with E-state index in [4.69, 9.17) is 9.72 Å². The van der Waals surface area contributed by atoms with Crippen LogP contribution >= 0.6 is 0 Å². The van der Waals surface area contributed by atoms with Crippen LogP contribution in [0.3, 0.4) is 0 Å². The second-order valence-corrected chi connectivity index (χ2v) is 9.77. The van der Waals surface area contributed by atoms with Crippen LogP contribution < -0.4 is 5.56 Å². The highest BCUT2D eigenvalue weighted by atomic mass is 16.5. The Hall–Kier alpha value is -2.22. The molecule has 0 spiro atoms. The summed E-state index contributed by atoms with van der Waals surface area (Å²) in [5, 5.41) is 0. The van der Waals surface area contributed by atoms with Gasteiger partial charge in [-0.1, -0.05) is 19.3 Å². The van der Waals surface area contributed by atoms with Crippen molar-refractivity contribution in [2.45, 2.75) is 89.3 Å². The molecular formula is C24H34N4O4. The maximum atomic E-state index is 13.1. The van der Waals surface area contributed by atoms with Gasteiger partial charge >= 0.3 is 0 Å². The number of hydrogen-bond donors (Lipinski definition) is 1. The van der Waals surface area contributed by atoms with Crippen LogP contribution in [0.2, 0.25) is 0 Å². The average molecular weight is 443 g/mol. The molecule has 0 bridgehead atoms. The Bertz CT molecular complexity index is 917. The summed E-state index contributed by atoms with van der Waals surface area (Å²) >= 11 is 0. The van der Waals surface area contributed by atoms with Crippen molar-refractivity contribution in [2.75, 3.05) is 19.7 Å². The van der Waals surface area contributed by atoms with Gasteiger partial charge in [-0.05, 0) is 51.4 Å². The number of aromatic nitrogens is 2. The minimum absolute atomic E-state index is 0.0154. The number of nitrogens with one attached hydrogen (secondary N) is 1. The summed E-state index contributed by atoms with van der Waals surface area (Å²) in [5.74, 6) is 0.907. The van der Waals surface area contributed by atoms with E-state index >= 15 is 0 Å². The van der Waals surface area contributed by atoms with Crippen LogP contribution in [0.5, 0.6) is 0 Å². The summed E-state index contributed by atoms with van der Waals surface area (Å²) in [5.41, 5.74) is 1.27. The summed E-state index contributed by atoms with van der Waals surface area (Å²) in [6.45, 7) is 2.28. The van der Waals surface area contributed by atoms with E-state index < -0.39 is 0 Å². The van der Waals surface area contributed by atoms with Gasteiger partial charge in [0.05, 0.1) is 18.3 Å². The van der Waals surface area contributed by atoms with Crippen LogP contribution in [0.1, 0.15) is 87.3 Å². The maximum absolute atomic E-state index is 13.1. The number of amides is 2. The number of ether oxygens (including phenoxy) is 1. The van der Waals surface area contributed by atoms with Crippen molar-refractivity contribution in [3.8, 4) is 0 Å². The van der Waals surface area contributed by atoms with Gasteiger partial charge in [-0.2, -0.15) is 0 Å². The number of likely N-dealkylation sites (tertiary alicyclic amines) is 1. The molecule has 4 heterocycles. The SMILES string of the molecule is O=C(C1CCCCC1)N1CCc2c(nc([C@H]3CCCCN3C(=O)[C@@H]3CCCO3)[nH]c2=O)C1. The highest BCUT2D eigenvalue weighted by molar-refractivity contribution is 5.81. The van der Waals surface area contributed by atoms with Crippen molar-refractivity contribution < 1.29 is 14.3 Å². The molecule has 0 unspecified atom stereocenters. The van der Waals surface area contributed by atoms with E-state index in [9.17, 15) is 14.4 Å². The zero-order chi connectivity index (χ0) is 22.1. The fourth-order valence-electron chi connectivity index (χ4n) is 5.85. The number of nitrogens with zero attached hydrogens (tertiary/aromatic N) is 3. The third-order valence-electron chi connectivity index (χ3n) is 7.66. The van der Waals surface area contributed by atoms with E-state index in [1.54, 1.807) is 0 Å². The normalized spacial score (nSPS) is 26.8. The van der Waals surface area contributed by atoms with Gasteiger partial charge in [0.25, 0.3) is 11.5 Å². The number of piperidine rings is 1. The molecule has 1 aromatic rings. The molecular weight excluding hydrogens is 408 g/mol. The third kappa shape index (κ3) is 4.21. The first-order valence-corrected chi connectivity index (χ1v) is 12.4. The zero-order valence-electron chi connectivity index (χ0n) is 18.8. The molecule has 3 fully saturated rings. The van der Waals surface area contributed by atoms with Crippen LogP contribution in [0, 0.1) is 5.92 Å². The molecule has 2 amide bonds. The Labute approximate surface area is 188 Å². The second kappa shape index (κ2) is 9.33. The number of hydrogen-bond acceptors (Lipinski definition) is 5. The van der Waals surface area contributed by atoms with Crippen molar-refractivity contribution in [3.63, 3.8) is 0 Å². The van der Waals surface area contributed by atoms with E-state index in [-0.39, 0.29) is 35.4 Å². The predicted molar refractivity (Wildman–Crippen MR) is 118 cm³/mol. The number of H-pyrrole nitrogens is 1. The Balaban J connectivity index is 1.37. The van der Waals surface area contributed by atoms with Gasteiger partial charge in [-0.25, -0.2) is 4.98 Å². The number of fused-ring (bicyclic) bond motifs is 1. The quantitative estimate of drug-likeness (QED) is 0.776. The highest BCUT2D eigenvalue weighted by Crippen LogP contribution is 2.32. The number of carbonyl (C=O) groups is 2. The lowest BCUT2D eigenvalue weighted by Crippen LogP contribution is -2.46. The lowest BCUT2D eigenvalue weighted by molar-refractivity contribution is -0.145. The Morgan fingerprint density at radius 3 is 2.53 bits per heavy atom. The van der Waals surface area contributed by atoms with E-state index in [1.165, 1.54) is 6.42 Å². The molecule has 1 saturated carbocycles.